The third-order valence-electron chi connectivity index (χ3n) is 7.74. The van der Waals surface area contributed by atoms with Crippen molar-refractivity contribution in [1.82, 2.24) is 4.90 Å². The summed E-state index contributed by atoms with van der Waals surface area (Å²) in [4.78, 5) is 40.5. The molecule has 0 spiro atoms. The van der Waals surface area contributed by atoms with Gasteiger partial charge in [-0.1, -0.05) is 13.0 Å². The molecule has 2 fully saturated rings. The summed E-state index contributed by atoms with van der Waals surface area (Å²) in [7, 11) is 0. The van der Waals surface area contributed by atoms with E-state index in [0.29, 0.717) is 38.2 Å². The van der Waals surface area contributed by atoms with Crippen molar-refractivity contribution in [2.45, 2.75) is 81.9 Å². The number of benzene rings is 1. The highest BCUT2D eigenvalue weighted by Crippen LogP contribution is 2.44. The first-order chi connectivity index (χ1) is 18.2. The van der Waals surface area contributed by atoms with E-state index in [0.717, 1.165) is 17.2 Å². The van der Waals surface area contributed by atoms with Crippen molar-refractivity contribution in [3.63, 3.8) is 0 Å². The zero-order chi connectivity index (χ0) is 28.8. The van der Waals surface area contributed by atoms with Gasteiger partial charge < -0.3 is 15.4 Å². The number of rotatable bonds is 6. The number of nitrogens with two attached hydrogens (primary N) is 1. The second-order valence-electron chi connectivity index (χ2n) is 10.3. The number of halogens is 6. The second-order valence-corrected chi connectivity index (χ2v) is 10.3. The van der Waals surface area contributed by atoms with Crippen LogP contribution in [0.5, 0.6) is 0 Å². The summed E-state index contributed by atoms with van der Waals surface area (Å²) in [6.07, 6.45) is -5.57. The molecule has 0 aromatic heterocycles. The van der Waals surface area contributed by atoms with Crippen LogP contribution >= 0.6 is 0 Å². The summed E-state index contributed by atoms with van der Waals surface area (Å²) in [5.41, 5.74) is 0.872. The summed E-state index contributed by atoms with van der Waals surface area (Å²) < 4.78 is 87.5. The van der Waals surface area contributed by atoms with Crippen molar-refractivity contribution in [1.29, 1.82) is 0 Å². The highest BCUT2D eigenvalue weighted by Gasteiger charge is 2.47. The number of hydrogen-bond acceptors (Lipinski definition) is 5. The Morgan fingerprint density at radius 1 is 1.08 bits per heavy atom. The SMILES string of the molecule is C=COC1(C(=O)C(=O)CC2CCCC(N)C(=O)N3Cc4c(cc(C(F)(F)F)cc4C(F)(F)F)C=C23)CCCC1. The number of hydrogen-bond donors (Lipinski definition) is 1. The van der Waals surface area contributed by atoms with Gasteiger partial charge in [-0.25, -0.2) is 0 Å². The molecule has 1 saturated carbocycles. The fraction of sp³-hybridized carbons (Fsp3) is 0.519. The predicted molar refractivity (Wildman–Crippen MR) is 127 cm³/mol. The van der Waals surface area contributed by atoms with Gasteiger partial charge >= 0.3 is 12.4 Å². The van der Waals surface area contributed by atoms with Crippen molar-refractivity contribution in [3.8, 4) is 0 Å². The summed E-state index contributed by atoms with van der Waals surface area (Å²) >= 11 is 0. The van der Waals surface area contributed by atoms with E-state index in [2.05, 4.69) is 6.58 Å². The molecule has 4 rings (SSSR count). The van der Waals surface area contributed by atoms with Crippen LogP contribution in [0.25, 0.3) is 6.08 Å². The molecule has 3 aliphatic rings. The van der Waals surface area contributed by atoms with Crippen LogP contribution < -0.4 is 5.73 Å². The number of alkyl halides is 6. The van der Waals surface area contributed by atoms with Crippen molar-refractivity contribution < 1.29 is 45.5 Å². The Labute approximate surface area is 220 Å². The van der Waals surface area contributed by atoms with E-state index in [1.165, 1.54) is 0 Å². The van der Waals surface area contributed by atoms with Gasteiger partial charge in [-0.05, 0) is 67.9 Å². The van der Waals surface area contributed by atoms with Crippen LogP contribution in [0.3, 0.4) is 0 Å². The van der Waals surface area contributed by atoms with Gasteiger partial charge in [0.15, 0.2) is 5.60 Å². The Bertz CT molecular complexity index is 1210. The van der Waals surface area contributed by atoms with Gasteiger partial charge in [-0.15, -0.1) is 0 Å². The fourth-order valence-electron chi connectivity index (χ4n) is 5.78. The quantitative estimate of drug-likeness (QED) is 0.282. The first-order valence-electron chi connectivity index (χ1n) is 12.6. The van der Waals surface area contributed by atoms with E-state index in [-0.39, 0.29) is 36.6 Å². The lowest BCUT2D eigenvalue weighted by Gasteiger charge is -2.39. The summed E-state index contributed by atoms with van der Waals surface area (Å²) in [6, 6.07) is -0.403. The fourth-order valence-corrected chi connectivity index (χ4v) is 5.78. The molecule has 1 amide bonds. The maximum absolute atomic E-state index is 13.9. The molecule has 6 nitrogen and oxygen atoms in total. The first-order valence-corrected chi connectivity index (χ1v) is 12.6. The average Bonchev–Trinajstić information content (AvgIpc) is 3.33. The van der Waals surface area contributed by atoms with Crippen LogP contribution in [0.1, 0.15) is 73.6 Å². The summed E-state index contributed by atoms with van der Waals surface area (Å²) in [5.74, 6) is -3.05. The Balaban J connectivity index is 1.78. The molecule has 2 N–H and O–H groups in total. The van der Waals surface area contributed by atoms with E-state index in [4.69, 9.17) is 10.5 Å². The Morgan fingerprint density at radius 3 is 2.33 bits per heavy atom. The summed E-state index contributed by atoms with van der Waals surface area (Å²) in [6.45, 7) is 2.81. The Hall–Kier alpha value is -3.15. The molecule has 39 heavy (non-hydrogen) atoms. The van der Waals surface area contributed by atoms with Crippen LogP contribution in [-0.2, 0) is 38.0 Å². The molecular weight excluding hydrogens is 530 g/mol. The molecule has 1 aromatic carbocycles. The smallest absolute Gasteiger partial charge is 0.416 e. The van der Waals surface area contributed by atoms with Crippen molar-refractivity contribution in [2.24, 2.45) is 11.7 Å². The van der Waals surface area contributed by atoms with Crippen LogP contribution in [0, 0.1) is 5.92 Å². The summed E-state index contributed by atoms with van der Waals surface area (Å²) in [5, 5.41) is 0. The molecule has 2 heterocycles. The van der Waals surface area contributed by atoms with Crippen LogP contribution in [0.4, 0.5) is 26.3 Å². The molecule has 0 radical (unpaired) electrons. The standard InChI is InChI=1S/C27H28F6N2O4/c1-2-39-25(8-3-4-9-25)23(37)22(36)12-15-6-5-7-20(34)24(38)35-14-18-16(11-21(15)35)10-17(26(28,29)30)13-19(18)27(31,32)33/h2,10-11,13,15,20H,1,3-9,12,14,34H2. The maximum atomic E-state index is 13.9. The number of ether oxygens (including phenoxy) is 1. The largest absolute Gasteiger partial charge is 0.487 e. The molecule has 212 valence electrons. The molecule has 2 atom stereocenters. The van der Waals surface area contributed by atoms with E-state index < -0.39 is 70.6 Å². The van der Waals surface area contributed by atoms with Gasteiger partial charge in [-0.2, -0.15) is 26.3 Å². The topological polar surface area (TPSA) is 89.7 Å². The predicted octanol–water partition coefficient (Wildman–Crippen LogP) is 5.54. The molecule has 0 bridgehead atoms. The zero-order valence-electron chi connectivity index (χ0n) is 21.0. The van der Waals surface area contributed by atoms with Crippen molar-refractivity contribution in [3.05, 3.63) is 52.9 Å². The minimum atomic E-state index is -5.12. The highest BCUT2D eigenvalue weighted by molar-refractivity contribution is 6.40. The zero-order valence-corrected chi connectivity index (χ0v) is 21.0. The van der Waals surface area contributed by atoms with Crippen molar-refractivity contribution in [2.75, 3.05) is 0 Å². The normalized spacial score (nSPS) is 23.2. The van der Waals surface area contributed by atoms with Crippen LogP contribution in [0.15, 0.2) is 30.7 Å². The Kier molecular flexibility index (Phi) is 7.72. The average molecular weight is 559 g/mol. The van der Waals surface area contributed by atoms with E-state index >= 15 is 0 Å². The molecule has 12 heteroatoms. The van der Waals surface area contributed by atoms with Crippen molar-refractivity contribution >= 4 is 23.5 Å². The van der Waals surface area contributed by atoms with E-state index in [1.54, 1.807) is 0 Å². The number of allylic oxidation sites excluding steroid dienone is 1. The number of carbonyl (C=O) groups excluding carboxylic acids is 3. The molecular formula is C27H28F6N2O4. The van der Waals surface area contributed by atoms with Crippen LogP contribution in [-0.4, -0.2) is 34.0 Å². The lowest BCUT2D eigenvalue weighted by atomic mass is 9.82. The van der Waals surface area contributed by atoms with Gasteiger partial charge in [-0.3, -0.25) is 14.4 Å². The third kappa shape index (κ3) is 5.61. The maximum Gasteiger partial charge on any atom is 0.416 e. The second kappa shape index (κ2) is 10.4. The number of carbonyl (C=O) groups is 3. The number of nitrogens with zero attached hydrogens (tertiary/aromatic N) is 1. The molecule has 1 aromatic rings. The Morgan fingerprint density at radius 2 is 1.74 bits per heavy atom. The number of fused-ring (bicyclic) bond motifs is 2. The first kappa shape index (κ1) is 28.8. The lowest BCUT2D eigenvalue weighted by molar-refractivity contribution is -0.149. The lowest BCUT2D eigenvalue weighted by Crippen LogP contribution is -2.47. The van der Waals surface area contributed by atoms with Gasteiger partial charge in [0.05, 0.1) is 30.0 Å². The molecule has 2 unspecified atom stereocenters. The van der Waals surface area contributed by atoms with E-state index in [1.807, 2.05) is 0 Å². The van der Waals surface area contributed by atoms with Gasteiger partial charge in [0.25, 0.3) is 0 Å². The van der Waals surface area contributed by atoms with Gasteiger partial charge in [0.1, 0.15) is 0 Å². The van der Waals surface area contributed by atoms with Gasteiger partial charge in [0.2, 0.25) is 17.5 Å². The minimum absolute atomic E-state index is 0.0342. The van der Waals surface area contributed by atoms with Gasteiger partial charge in [0, 0.05) is 18.0 Å². The van der Waals surface area contributed by atoms with E-state index in [9.17, 15) is 40.7 Å². The number of Topliss-reactive ketones (excluding diaryl/α,β-unsaturated/α-hetero) is 2. The molecule has 2 aliphatic heterocycles. The number of ketones is 2. The third-order valence-corrected chi connectivity index (χ3v) is 7.74. The monoisotopic (exact) mass is 558 g/mol. The molecule has 1 aliphatic carbocycles. The molecule has 1 saturated heterocycles. The number of amides is 1. The van der Waals surface area contributed by atoms with Crippen LogP contribution in [0.2, 0.25) is 0 Å². The minimum Gasteiger partial charge on any atom is -0.487 e. The highest BCUT2D eigenvalue weighted by atomic mass is 19.4.